The fourth-order valence-electron chi connectivity index (χ4n) is 5.61. The molecule has 1 aromatic rings. The van der Waals surface area contributed by atoms with Gasteiger partial charge in [-0.25, -0.2) is 19.2 Å². The number of benzene rings is 1. The highest BCUT2D eigenvalue weighted by Gasteiger charge is 2.35. The highest BCUT2D eigenvalue weighted by atomic mass is 16.6. The lowest BCUT2D eigenvalue weighted by molar-refractivity contribution is -0.140. The minimum absolute atomic E-state index is 0.0861. The van der Waals surface area contributed by atoms with Gasteiger partial charge in [-0.2, -0.15) is 0 Å². The zero-order valence-electron chi connectivity index (χ0n) is 34.3. The Hall–Kier alpha value is -4.52. The molecule has 3 unspecified atom stereocenters. The Kier molecular flexibility index (Phi) is 18.8. The topological polar surface area (TPSA) is 173 Å². The van der Waals surface area contributed by atoms with E-state index in [1.807, 2.05) is 13.8 Å². The van der Waals surface area contributed by atoms with Crippen LogP contribution in [0.3, 0.4) is 0 Å². The van der Waals surface area contributed by atoms with Gasteiger partial charge in [-0.15, -0.1) is 0 Å². The minimum atomic E-state index is -1.03. The number of carbonyl (C=O) groups is 6. The van der Waals surface area contributed by atoms with Crippen molar-refractivity contribution in [2.45, 2.75) is 114 Å². The van der Waals surface area contributed by atoms with Crippen LogP contribution in [-0.2, 0) is 33.3 Å². The largest absolute Gasteiger partial charge is 0.459 e. The van der Waals surface area contributed by atoms with Crippen LogP contribution in [0.15, 0.2) is 36.4 Å². The maximum atomic E-state index is 13.9. The Labute approximate surface area is 320 Å². The molecule has 0 spiro atoms. The van der Waals surface area contributed by atoms with E-state index in [-0.39, 0.29) is 77.2 Å². The lowest BCUT2D eigenvalue weighted by Crippen LogP contribution is -2.42. The first-order valence-electron chi connectivity index (χ1n) is 18.4. The molecule has 0 fully saturated rings. The zero-order valence-corrected chi connectivity index (χ0v) is 34.3. The minimum Gasteiger partial charge on any atom is -0.459 e. The van der Waals surface area contributed by atoms with Gasteiger partial charge in [0, 0.05) is 23.2 Å². The summed E-state index contributed by atoms with van der Waals surface area (Å²) in [6.45, 7) is 29.2. The van der Waals surface area contributed by atoms with Gasteiger partial charge in [0.05, 0.1) is 34.5 Å². The number of carbonyl (C=O) groups excluding carboxylic acids is 6. The maximum Gasteiger partial charge on any atom is 0.339 e. The first-order chi connectivity index (χ1) is 25.0. The second-order valence-electron chi connectivity index (χ2n) is 15.2. The Morgan fingerprint density at radius 1 is 0.667 bits per heavy atom. The molecule has 13 heteroatoms. The summed E-state index contributed by atoms with van der Waals surface area (Å²) in [7, 11) is 0. The third-order valence-electron chi connectivity index (χ3n) is 9.41. The number of esters is 4. The van der Waals surface area contributed by atoms with Crippen molar-refractivity contribution in [2.75, 3.05) is 33.0 Å². The van der Waals surface area contributed by atoms with Crippen LogP contribution in [0.5, 0.6) is 0 Å². The van der Waals surface area contributed by atoms with E-state index in [0.29, 0.717) is 18.9 Å². The predicted molar refractivity (Wildman–Crippen MR) is 205 cm³/mol. The molecule has 1 aromatic carbocycles. The fourth-order valence-corrected chi connectivity index (χ4v) is 5.61. The highest BCUT2D eigenvalue weighted by molar-refractivity contribution is 6.12. The van der Waals surface area contributed by atoms with Crippen LogP contribution in [0.2, 0.25) is 0 Å². The molecule has 3 atom stereocenters. The monoisotopic (exact) mass is 758 g/mol. The standard InChI is InChI=1S/C41H62N2O11/c1-15-41(14,26(6)7)28(10)23-54-40(12,13)22-29(11)43-35(45)31-20-30(34(44)42-27(8)9)32(38(48)52-18-16-50-36(46)24(2)3)21-33(31)39(49)53-19-17-51-37(47)25(4)5/h20-21,26-29H,2,4,15-19,22-23H2,1,3,5-14H3,(H,42,44)(H,43,45). The van der Waals surface area contributed by atoms with E-state index in [1.54, 1.807) is 20.8 Å². The Morgan fingerprint density at radius 3 is 1.46 bits per heavy atom. The van der Waals surface area contributed by atoms with Crippen molar-refractivity contribution in [3.8, 4) is 0 Å². The number of rotatable bonds is 22. The molecule has 0 aliphatic carbocycles. The van der Waals surface area contributed by atoms with Crippen molar-refractivity contribution in [1.82, 2.24) is 10.6 Å². The van der Waals surface area contributed by atoms with Gasteiger partial charge in [-0.3, -0.25) is 9.59 Å². The van der Waals surface area contributed by atoms with Gasteiger partial charge in [0.2, 0.25) is 0 Å². The van der Waals surface area contributed by atoms with E-state index in [9.17, 15) is 28.8 Å². The average Bonchev–Trinajstić information content (AvgIpc) is 3.08. The van der Waals surface area contributed by atoms with Crippen LogP contribution in [0.1, 0.15) is 137 Å². The van der Waals surface area contributed by atoms with Gasteiger partial charge in [-0.05, 0) is 84.3 Å². The smallest absolute Gasteiger partial charge is 0.339 e. The summed E-state index contributed by atoms with van der Waals surface area (Å²) in [5.74, 6) is -4.09. The summed E-state index contributed by atoms with van der Waals surface area (Å²) in [5, 5.41) is 5.59. The summed E-state index contributed by atoms with van der Waals surface area (Å²) < 4.78 is 27.0. The number of hydrogen-bond donors (Lipinski definition) is 2. The van der Waals surface area contributed by atoms with E-state index in [4.69, 9.17) is 23.7 Å². The molecule has 0 aliphatic heterocycles. The molecule has 302 valence electrons. The van der Waals surface area contributed by atoms with Crippen LogP contribution in [-0.4, -0.2) is 86.4 Å². The number of nitrogens with one attached hydrogen (secondary N) is 2. The average molecular weight is 759 g/mol. The molecule has 0 radical (unpaired) electrons. The van der Waals surface area contributed by atoms with Crippen molar-refractivity contribution < 1.29 is 52.5 Å². The SMILES string of the molecule is C=C(C)C(=O)OCCOC(=O)c1cc(C(=O)OCCOC(=O)C(=C)C)c(C(=O)NC(C)CC(C)(C)OCC(C)C(C)(CC)C(C)C)cc1C(=O)NC(C)C. The molecule has 0 bridgehead atoms. The van der Waals surface area contributed by atoms with Gasteiger partial charge in [0.25, 0.3) is 11.8 Å². The van der Waals surface area contributed by atoms with Gasteiger partial charge >= 0.3 is 23.9 Å². The van der Waals surface area contributed by atoms with Crippen LogP contribution in [0.25, 0.3) is 0 Å². The maximum absolute atomic E-state index is 13.9. The third kappa shape index (κ3) is 14.7. The van der Waals surface area contributed by atoms with E-state index < -0.39 is 47.3 Å². The van der Waals surface area contributed by atoms with E-state index in [2.05, 4.69) is 58.4 Å². The molecule has 13 nitrogen and oxygen atoms in total. The molecule has 0 saturated heterocycles. The first-order valence-corrected chi connectivity index (χ1v) is 18.4. The Balaban J connectivity index is 3.49. The van der Waals surface area contributed by atoms with Gasteiger partial charge in [-0.1, -0.05) is 54.2 Å². The Bertz CT molecular complexity index is 1550. The Morgan fingerprint density at radius 2 is 1.07 bits per heavy atom. The molecular weight excluding hydrogens is 696 g/mol. The van der Waals surface area contributed by atoms with Crippen LogP contribution in [0.4, 0.5) is 0 Å². The molecule has 0 aromatic heterocycles. The molecule has 2 N–H and O–H groups in total. The molecular formula is C41H62N2O11. The third-order valence-corrected chi connectivity index (χ3v) is 9.41. The lowest BCUT2D eigenvalue weighted by Gasteiger charge is -2.40. The number of amides is 2. The quantitative estimate of drug-likeness (QED) is 0.0581. The molecule has 0 heterocycles. The summed E-state index contributed by atoms with van der Waals surface area (Å²) in [6.07, 6.45) is 1.41. The molecule has 0 aliphatic rings. The van der Waals surface area contributed by atoms with Gasteiger partial charge < -0.3 is 34.3 Å². The second-order valence-corrected chi connectivity index (χ2v) is 15.2. The van der Waals surface area contributed by atoms with Crippen molar-refractivity contribution in [1.29, 1.82) is 0 Å². The fraction of sp³-hybridized carbons (Fsp3) is 0.610. The van der Waals surface area contributed by atoms with Gasteiger partial charge in [0.15, 0.2) is 0 Å². The molecule has 0 saturated carbocycles. The van der Waals surface area contributed by atoms with E-state index >= 15 is 0 Å². The van der Waals surface area contributed by atoms with E-state index in [0.717, 1.165) is 18.6 Å². The normalized spacial score (nSPS) is 13.6. The van der Waals surface area contributed by atoms with Crippen molar-refractivity contribution in [3.05, 3.63) is 58.7 Å². The number of hydrogen-bond acceptors (Lipinski definition) is 11. The van der Waals surface area contributed by atoms with Crippen LogP contribution < -0.4 is 10.6 Å². The summed E-state index contributed by atoms with van der Waals surface area (Å²) in [6, 6.07) is 1.37. The zero-order chi connectivity index (χ0) is 41.6. The van der Waals surface area contributed by atoms with Crippen molar-refractivity contribution in [3.63, 3.8) is 0 Å². The number of ether oxygens (including phenoxy) is 5. The van der Waals surface area contributed by atoms with Gasteiger partial charge in [0.1, 0.15) is 26.4 Å². The lowest BCUT2D eigenvalue weighted by atomic mass is 9.68. The van der Waals surface area contributed by atoms with Crippen molar-refractivity contribution in [2.24, 2.45) is 17.3 Å². The molecule has 1 rings (SSSR count). The van der Waals surface area contributed by atoms with Crippen LogP contribution >= 0.6 is 0 Å². The molecule has 2 amide bonds. The van der Waals surface area contributed by atoms with Crippen molar-refractivity contribution >= 4 is 35.7 Å². The first kappa shape index (κ1) is 47.5. The van der Waals surface area contributed by atoms with E-state index in [1.165, 1.54) is 13.8 Å². The second kappa shape index (κ2) is 21.4. The summed E-state index contributed by atoms with van der Waals surface area (Å²) >= 11 is 0. The summed E-state index contributed by atoms with van der Waals surface area (Å²) in [5.41, 5.74) is -1.40. The van der Waals surface area contributed by atoms with Crippen LogP contribution in [0, 0.1) is 17.3 Å². The highest BCUT2D eigenvalue weighted by Crippen LogP contribution is 2.39. The predicted octanol–water partition coefficient (Wildman–Crippen LogP) is 6.39. The summed E-state index contributed by atoms with van der Waals surface area (Å²) in [4.78, 5) is 77.7. The molecule has 54 heavy (non-hydrogen) atoms.